The number of hydrogen-bond acceptors (Lipinski definition) is 4. The van der Waals surface area contributed by atoms with E-state index in [1.807, 2.05) is 0 Å². The molecule has 0 saturated carbocycles. The molecular weight excluding hydrogens is 210 g/mol. The highest BCUT2D eigenvalue weighted by atomic mass is 16.7. The van der Waals surface area contributed by atoms with Crippen LogP contribution in [-0.4, -0.2) is 27.0 Å². The molecule has 0 spiro atoms. The Morgan fingerprint density at radius 2 is 2.19 bits per heavy atom. The Bertz CT molecular complexity index is 530. The second-order valence-corrected chi connectivity index (χ2v) is 3.47. The van der Waals surface area contributed by atoms with Crippen LogP contribution in [0.5, 0.6) is 5.75 Å². The Kier molecular flexibility index (Phi) is 2.54. The Morgan fingerprint density at radius 3 is 2.88 bits per heavy atom. The number of fused-ring (bicyclic) bond motifs is 1. The van der Waals surface area contributed by atoms with Gasteiger partial charge >= 0.3 is 5.97 Å². The van der Waals surface area contributed by atoms with Crippen molar-refractivity contribution in [3.8, 4) is 5.75 Å². The summed E-state index contributed by atoms with van der Waals surface area (Å²) >= 11 is 0. The molecule has 0 aliphatic heterocycles. The lowest BCUT2D eigenvalue weighted by molar-refractivity contribution is -0.152. The Morgan fingerprint density at radius 1 is 1.44 bits per heavy atom. The van der Waals surface area contributed by atoms with Crippen LogP contribution in [0.25, 0.3) is 10.9 Å². The minimum absolute atomic E-state index is 0.145. The summed E-state index contributed by atoms with van der Waals surface area (Å²) in [5.74, 6) is -0.585. The van der Waals surface area contributed by atoms with Gasteiger partial charge in [-0.2, -0.15) is 4.73 Å². The number of aliphatic hydroxyl groups excluding tert-OH is 1. The van der Waals surface area contributed by atoms with E-state index in [0.717, 1.165) is 5.39 Å². The van der Waals surface area contributed by atoms with Crippen LogP contribution in [0.15, 0.2) is 30.5 Å². The molecule has 0 fully saturated rings. The van der Waals surface area contributed by atoms with Crippen LogP contribution >= 0.6 is 0 Å². The third-order valence-corrected chi connectivity index (χ3v) is 2.17. The van der Waals surface area contributed by atoms with Crippen molar-refractivity contribution >= 4 is 16.9 Å². The van der Waals surface area contributed by atoms with Crippen LogP contribution in [0.2, 0.25) is 0 Å². The summed E-state index contributed by atoms with van der Waals surface area (Å²) in [6.07, 6.45) is 0.374. The van der Waals surface area contributed by atoms with E-state index >= 15 is 0 Å². The zero-order valence-electron chi connectivity index (χ0n) is 8.62. The molecule has 0 aliphatic carbocycles. The van der Waals surface area contributed by atoms with E-state index in [-0.39, 0.29) is 5.75 Å². The normalized spacial score (nSPS) is 12.6. The molecule has 5 nitrogen and oxygen atoms in total. The maximum atomic E-state index is 11.2. The molecule has 0 saturated heterocycles. The number of nitrogens with zero attached hydrogens (tertiary/aromatic N) is 1. The number of benzene rings is 1. The highest BCUT2D eigenvalue weighted by Gasteiger charge is 2.13. The summed E-state index contributed by atoms with van der Waals surface area (Å²) in [6.45, 7) is 1.33. The summed E-state index contributed by atoms with van der Waals surface area (Å²) in [6, 6.07) is 6.38. The first kappa shape index (κ1) is 10.5. The summed E-state index contributed by atoms with van der Waals surface area (Å²) in [4.78, 5) is 16.1. The molecule has 1 aromatic carbocycles. The van der Waals surface area contributed by atoms with Gasteiger partial charge in [-0.3, -0.25) is 0 Å². The Balaban J connectivity index is 2.35. The zero-order valence-corrected chi connectivity index (χ0v) is 8.62. The van der Waals surface area contributed by atoms with Crippen LogP contribution in [0, 0.1) is 0 Å². The number of phenolic OH excluding ortho intramolecular Hbond substituents is 1. The summed E-state index contributed by atoms with van der Waals surface area (Å²) in [5.41, 5.74) is 0.645. The zero-order chi connectivity index (χ0) is 11.7. The molecule has 0 aliphatic rings. The van der Waals surface area contributed by atoms with E-state index in [0.29, 0.717) is 5.52 Å². The molecule has 1 heterocycles. The molecule has 5 heteroatoms. The van der Waals surface area contributed by atoms with Gasteiger partial charge in [0.05, 0.1) is 5.52 Å². The first-order valence-corrected chi connectivity index (χ1v) is 4.78. The minimum Gasteiger partial charge on any atom is -0.508 e. The van der Waals surface area contributed by atoms with Crippen molar-refractivity contribution in [2.75, 3.05) is 0 Å². The van der Waals surface area contributed by atoms with Gasteiger partial charge < -0.3 is 15.1 Å². The maximum Gasteiger partial charge on any atom is 0.360 e. The minimum atomic E-state index is -1.17. The molecule has 1 aromatic heterocycles. The summed E-state index contributed by atoms with van der Waals surface area (Å²) < 4.78 is 1.25. The Hall–Kier alpha value is -2.01. The van der Waals surface area contributed by atoms with E-state index in [1.54, 1.807) is 24.4 Å². The molecule has 0 amide bonds. The van der Waals surface area contributed by atoms with Crippen LogP contribution in [-0.2, 0) is 4.79 Å². The third kappa shape index (κ3) is 1.85. The molecule has 2 aromatic rings. The molecule has 2 rings (SSSR count). The number of phenols is 1. The van der Waals surface area contributed by atoms with Gasteiger partial charge in [-0.05, 0) is 31.2 Å². The van der Waals surface area contributed by atoms with Gasteiger partial charge in [-0.15, -0.1) is 0 Å². The second kappa shape index (κ2) is 3.86. The summed E-state index contributed by atoms with van der Waals surface area (Å²) in [5, 5.41) is 19.0. The third-order valence-electron chi connectivity index (χ3n) is 2.17. The van der Waals surface area contributed by atoms with Gasteiger partial charge in [0, 0.05) is 11.6 Å². The molecular formula is C11H11NO4. The van der Waals surface area contributed by atoms with Gasteiger partial charge in [-0.1, -0.05) is 0 Å². The number of hydrogen-bond donors (Lipinski definition) is 2. The van der Waals surface area contributed by atoms with Crippen molar-refractivity contribution in [2.24, 2.45) is 0 Å². The largest absolute Gasteiger partial charge is 0.508 e. The molecule has 0 radical (unpaired) electrons. The Labute approximate surface area is 91.4 Å². The van der Waals surface area contributed by atoms with Gasteiger partial charge in [0.25, 0.3) is 0 Å². The quantitative estimate of drug-likeness (QED) is 0.782. The van der Waals surface area contributed by atoms with Gasteiger partial charge in [0.1, 0.15) is 5.75 Å². The van der Waals surface area contributed by atoms with E-state index in [4.69, 9.17) is 9.94 Å². The predicted octanol–water partition coefficient (Wildman–Crippen LogP) is 0.683. The second-order valence-electron chi connectivity index (χ2n) is 3.47. The fourth-order valence-electron chi connectivity index (χ4n) is 1.36. The first-order chi connectivity index (χ1) is 7.58. The lowest BCUT2D eigenvalue weighted by Gasteiger charge is -2.07. The van der Waals surface area contributed by atoms with Crippen molar-refractivity contribution in [3.63, 3.8) is 0 Å². The first-order valence-electron chi connectivity index (χ1n) is 4.78. The maximum absolute atomic E-state index is 11.2. The smallest absolute Gasteiger partial charge is 0.360 e. The van der Waals surface area contributed by atoms with Crippen molar-refractivity contribution in [3.05, 3.63) is 30.5 Å². The number of aromatic nitrogens is 1. The van der Waals surface area contributed by atoms with E-state index in [2.05, 4.69) is 0 Å². The molecule has 1 unspecified atom stereocenters. The number of aliphatic hydroxyl groups is 1. The van der Waals surface area contributed by atoms with Crippen LogP contribution in [0.4, 0.5) is 0 Å². The number of carbonyl (C=O) groups excluding carboxylic acids is 1. The van der Waals surface area contributed by atoms with Crippen molar-refractivity contribution in [1.29, 1.82) is 0 Å². The predicted molar refractivity (Wildman–Crippen MR) is 56.9 cm³/mol. The fraction of sp³-hybridized carbons (Fsp3) is 0.182. The topological polar surface area (TPSA) is 71.7 Å². The molecule has 2 N–H and O–H groups in total. The van der Waals surface area contributed by atoms with Crippen LogP contribution < -0.4 is 4.84 Å². The van der Waals surface area contributed by atoms with Gasteiger partial charge in [0.15, 0.2) is 6.10 Å². The molecule has 84 valence electrons. The standard InChI is InChI=1S/C11H11NO4/c1-7(13)11(15)16-12-5-4-8-6-9(14)2-3-10(8)12/h2-7,13-14H,1H3. The number of aromatic hydroxyl groups is 1. The average molecular weight is 221 g/mol. The SMILES string of the molecule is CC(O)C(=O)On1ccc2cc(O)ccc21. The highest BCUT2D eigenvalue weighted by molar-refractivity contribution is 5.82. The monoisotopic (exact) mass is 221 g/mol. The fourth-order valence-corrected chi connectivity index (χ4v) is 1.36. The lowest BCUT2D eigenvalue weighted by Crippen LogP contribution is -2.28. The van der Waals surface area contributed by atoms with Crippen LogP contribution in [0.3, 0.4) is 0 Å². The van der Waals surface area contributed by atoms with E-state index in [1.165, 1.54) is 17.7 Å². The van der Waals surface area contributed by atoms with Gasteiger partial charge in [-0.25, -0.2) is 4.79 Å². The molecule has 16 heavy (non-hydrogen) atoms. The highest BCUT2D eigenvalue weighted by Crippen LogP contribution is 2.20. The number of rotatable bonds is 2. The average Bonchev–Trinajstić information content (AvgIpc) is 2.60. The lowest BCUT2D eigenvalue weighted by atomic mass is 10.2. The summed E-state index contributed by atoms with van der Waals surface area (Å²) in [7, 11) is 0. The van der Waals surface area contributed by atoms with E-state index < -0.39 is 12.1 Å². The van der Waals surface area contributed by atoms with Gasteiger partial charge in [0.2, 0.25) is 0 Å². The van der Waals surface area contributed by atoms with E-state index in [9.17, 15) is 9.90 Å². The molecule has 0 bridgehead atoms. The van der Waals surface area contributed by atoms with Crippen molar-refractivity contribution < 1.29 is 19.8 Å². The molecule has 1 atom stereocenters. The number of carbonyl (C=O) groups is 1. The van der Waals surface area contributed by atoms with Crippen molar-refractivity contribution in [1.82, 2.24) is 4.73 Å². The van der Waals surface area contributed by atoms with Crippen LogP contribution in [0.1, 0.15) is 6.92 Å². The van der Waals surface area contributed by atoms with Crippen molar-refractivity contribution in [2.45, 2.75) is 13.0 Å².